The Hall–Kier alpha value is -2.27. The number of nitrogens with zero attached hydrogens (tertiary/aromatic N) is 2. The molecule has 1 aliphatic heterocycles. The zero-order valence-corrected chi connectivity index (χ0v) is 20.0. The van der Waals surface area contributed by atoms with Gasteiger partial charge in [-0.2, -0.15) is 4.31 Å². The van der Waals surface area contributed by atoms with Crippen LogP contribution in [-0.2, 0) is 19.6 Å². The first kappa shape index (κ1) is 24.4. The predicted molar refractivity (Wildman–Crippen MR) is 122 cm³/mol. The molecule has 0 atom stereocenters. The number of thioether (sulfide) groups is 1. The first-order chi connectivity index (χ1) is 15.3. The number of amides is 1. The molecule has 3 rings (SSSR count). The van der Waals surface area contributed by atoms with E-state index in [0.29, 0.717) is 10.8 Å². The fourth-order valence-electron chi connectivity index (χ4n) is 3.20. The van der Waals surface area contributed by atoms with Crippen LogP contribution in [0.1, 0.15) is 10.4 Å². The third-order valence-electron chi connectivity index (χ3n) is 5.00. The van der Waals surface area contributed by atoms with Gasteiger partial charge in [0.25, 0.3) is 5.91 Å². The molecule has 11 heteroatoms. The van der Waals surface area contributed by atoms with E-state index in [-0.39, 0.29) is 42.5 Å². The third-order valence-corrected chi connectivity index (χ3v) is 7.89. The van der Waals surface area contributed by atoms with Crippen molar-refractivity contribution < 1.29 is 27.5 Å². The fraction of sp³-hybridized carbons (Fsp3) is 0.333. The van der Waals surface area contributed by atoms with Crippen molar-refractivity contribution in [3.05, 3.63) is 53.1 Å². The van der Waals surface area contributed by atoms with Gasteiger partial charge in [-0.25, -0.2) is 13.2 Å². The lowest BCUT2D eigenvalue weighted by molar-refractivity contribution is -0.135. The SMILES string of the molecule is COc1cc(SC)ccc1C(=O)OCC(=O)N1CCN(S(=O)(=O)c2ccc(Cl)cc2)CC1. The number of carbonyl (C=O) groups is 2. The van der Waals surface area contributed by atoms with Crippen molar-refractivity contribution in [2.45, 2.75) is 9.79 Å². The minimum atomic E-state index is -3.67. The lowest BCUT2D eigenvalue weighted by Crippen LogP contribution is -2.51. The van der Waals surface area contributed by atoms with Crippen LogP contribution in [0.4, 0.5) is 0 Å². The maximum absolute atomic E-state index is 12.7. The molecule has 0 radical (unpaired) electrons. The Labute approximate surface area is 196 Å². The minimum Gasteiger partial charge on any atom is -0.496 e. The number of methoxy groups -OCH3 is 1. The molecule has 1 heterocycles. The van der Waals surface area contributed by atoms with Gasteiger partial charge in [0, 0.05) is 36.1 Å². The zero-order chi connectivity index (χ0) is 23.3. The van der Waals surface area contributed by atoms with E-state index >= 15 is 0 Å². The molecule has 0 bridgehead atoms. The molecule has 32 heavy (non-hydrogen) atoms. The van der Waals surface area contributed by atoms with Crippen LogP contribution in [0.2, 0.25) is 5.02 Å². The van der Waals surface area contributed by atoms with Crippen molar-refractivity contribution >= 4 is 45.3 Å². The number of benzene rings is 2. The van der Waals surface area contributed by atoms with E-state index in [1.54, 1.807) is 18.2 Å². The minimum absolute atomic E-state index is 0.147. The number of halogens is 1. The Bertz CT molecular complexity index is 1080. The third kappa shape index (κ3) is 5.55. The Morgan fingerprint density at radius 2 is 1.72 bits per heavy atom. The standard InChI is InChI=1S/C21H23ClN2O6S2/c1-29-19-13-16(31-2)5-8-18(19)21(26)30-14-20(25)23-9-11-24(12-10-23)32(27,28)17-6-3-15(22)4-7-17/h3-8,13H,9-12,14H2,1-2H3. The molecule has 0 N–H and O–H groups in total. The van der Waals surface area contributed by atoms with Crippen LogP contribution in [0, 0.1) is 0 Å². The van der Waals surface area contributed by atoms with E-state index in [2.05, 4.69) is 0 Å². The molecule has 8 nitrogen and oxygen atoms in total. The first-order valence-corrected chi connectivity index (χ1v) is 12.7. The van der Waals surface area contributed by atoms with E-state index in [0.717, 1.165) is 4.90 Å². The van der Waals surface area contributed by atoms with Gasteiger partial charge in [-0.15, -0.1) is 11.8 Å². The van der Waals surface area contributed by atoms with Crippen LogP contribution in [0.5, 0.6) is 5.75 Å². The van der Waals surface area contributed by atoms with Crippen LogP contribution < -0.4 is 4.74 Å². The monoisotopic (exact) mass is 498 g/mol. The maximum atomic E-state index is 12.7. The van der Waals surface area contributed by atoms with Crippen LogP contribution in [0.3, 0.4) is 0 Å². The number of esters is 1. The van der Waals surface area contributed by atoms with E-state index in [1.165, 1.54) is 52.3 Å². The van der Waals surface area contributed by atoms with Gasteiger partial charge < -0.3 is 14.4 Å². The summed E-state index contributed by atoms with van der Waals surface area (Å²) in [7, 11) is -2.21. The Morgan fingerprint density at radius 1 is 1.06 bits per heavy atom. The number of hydrogen-bond donors (Lipinski definition) is 0. The van der Waals surface area contributed by atoms with E-state index < -0.39 is 22.6 Å². The first-order valence-electron chi connectivity index (χ1n) is 9.69. The van der Waals surface area contributed by atoms with Gasteiger partial charge in [-0.05, 0) is 48.7 Å². The molecule has 1 fully saturated rings. The van der Waals surface area contributed by atoms with Gasteiger partial charge in [0.2, 0.25) is 10.0 Å². The average Bonchev–Trinajstić information content (AvgIpc) is 2.82. The molecule has 1 aliphatic rings. The molecule has 0 aliphatic carbocycles. The highest BCUT2D eigenvalue weighted by Gasteiger charge is 2.30. The number of sulfonamides is 1. The van der Waals surface area contributed by atoms with E-state index in [4.69, 9.17) is 21.1 Å². The summed E-state index contributed by atoms with van der Waals surface area (Å²) in [6, 6.07) is 11.0. The lowest BCUT2D eigenvalue weighted by Gasteiger charge is -2.33. The van der Waals surface area contributed by atoms with Gasteiger partial charge >= 0.3 is 5.97 Å². The van der Waals surface area contributed by atoms with Crippen molar-refractivity contribution in [3.8, 4) is 5.75 Å². The van der Waals surface area contributed by atoms with Crippen LogP contribution in [0.15, 0.2) is 52.3 Å². The zero-order valence-electron chi connectivity index (χ0n) is 17.6. The second kappa shape index (κ2) is 10.6. The Kier molecular flexibility index (Phi) is 8.05. The molecular formula is C21H23ClN2O6S2. The second-order valence-electron chi connectivity index (χ2n) is 6.88. The Balaban J connectivity index is 1.55. The number of piperazine rings is 1. The topological polar surface area (TPSA) is 93.2 Å². The molecule has 2 aromatic carbocycles. The van der Waals surface area contributed by atoms with Gasteiger partial charge in [-0.3, -0.25) is 4.79 Å². The number of carbonyl (C=O) groups excluding carboxylic acids is 2. The normalized spacial score (nSPS) is 14.8. The summed E-state index contributed by atoms with van der Waals surface area (Å²) in [5, 5.41) is 0.451. The van der Waals surface area contributed by atoms with Gasteiger partial charge in [0.05, 0.1) is 12.0 Å². The predicted octanol–water partition coefficient (Wildman–Crippen LogP) is 2.76. The summed E-state index contributed by atoms with van der Waals surface area (Å²) >= 11 is 7.34. The molecule has 0 aromatic heterocycles. The van der Waals surface area contributed by atoms with E-state index in [1.807, 2.05) is 6.26 Å². The van der Waals surface area contributed by atoms with Crippen LogP contribution >= 0.6 is 23.4 Å². The fourth-order valence-corrected chi connectivity index (χ4v) is 5.17. The summed E-state index contributed by atoms with van der Waals surface area (Å²) in [5.74, 6) is -0.677. The highest BCUT2D eigenvalue weighted by atomic mass is 35.5. The molecule has 0 saturated carbocycles. The molecular weight excluding hydrogens is 476 g/mol. The summed E-state index contributed by atoms with van der Waals surface area (Å²) in [4.78, 5) is 27.4. The van der Waals surface area contributed by atoms with Gasteiger partial charge in [0.1, 0.15) is 11.3 Å². The second-order valence-corrected chi connectivity index (χ2v) is 10.1. The van der Waals surface area contributed by atoms with Crippen molar-refractivity contribution in [1.82, 2.24) is 9.21 Å². The van der Waals surface area contributed by atoms with Crippen molar-refractivity contribution in [2.75, 3.05) is 46.2 Å². The molecule has 2 aromatic rings. The largest absolute Gasteiger partial charge is 0.496 e. The maximum Gasteiger partial charge on any atom is 0.342 e. The summed E-state index contributed by atoms with van der Waals surface area (Å²) in [6.45, 7) is 0.267. The molecule has 1 amide bonds. The smallest absolute Gasteiger partial charge is 0.342 e. The van der Waals surface area contributed by atoms with Crippen molar-refractivity contribution in [3.63, 3.8) is 0 Å². The van der Waals surface area contributed by atoms with E-state index in [9.17, 15) is 18.0 Å². The van der Waals surface area contributed by atoms with Gasteiger partial charge in [0.15, 0.2) is 6.61 Å². The number of rotatable bonds is 7. The Morgan fingerprint density at radius 3 is 2.31 bits per heavy atom. The number of hydrogen-bond acceptors (Lipinski definition) is 7. The average molecular weight is 499 g/mol. The summed E-state index contributed by atoms with van der Waals surface area (Å²) < 4.78 is 37.2. The van der Waals surface area contributed by atoms with Crippen LogP contribution in [0.25, 0.3) is 0 Å². The number of ether oxygens (including phenoxy) is 2. The molecule has 1 saturated heterocycles. The quantitative estimate of drug-likeness (QED) is 0.428. The highest BCUT2D eigenvalue weighted by Crippen LogP contribution is 2.26. The summed E-state index contributed by atoms with van der Waals surface area (Å²) in [6.07, 6.45) is 1.91. The lowest BCUT2D eigenvalue weighted by atomic mass is 10.2. The van der Waals surface area contributed by atoms with Crippen molar-refractivity contribution in [2.24, 2.45) is 0 Å². The molecule has 0 unspecified atom stereocenters. The van der Waals surface area contributed by atoms with Gasteiger partial charge in [-0.1, -0.05) is 11.6 Å². The van der Waals surface area contributed by atoms with Crippen LogP contribution in [-0.4, -0.2) is 75.7 Å². The van der Waals surface area contributed by atoms with Crippen molar-refractivity contribution in [1.29, 1.82) is 0 Å². The highest BCUT2D eigenvalue weighted by molar-refractivity contribution is 7.98. The molecule has 0 spiro atoms. The molecule has 172 valence electrons. The summed E-state index contributed by atoms with van der Waals surface area (Å²) in [5.41, 5.74) is 0.233.